The minimum absolute atomic E-state index is 0. The molecule has 6 aliphatic rings. The van der Waals surface area contributed by atoms with Gasteiger partial charge in [-0.3, -0.25) is 14.4 Å². The minimum Gasteiger partial charge on any atom is -0.468 e. The van der Waals surface area contributed by atoms with Crippen LogP contribution in [-0.4, -0.2) is 62.7 Å². The van der Waals surface area contributed by atoms with Crippen LogP contribution in [0, 0.1) is 54.3 Å². The minimum atomic E-state index is -0.117. The number of carbonyl (C=O) groups excluding carboxylic acids is 3. The average molecular weight is 1180 g/mol. The van der Waals surface area contributed by atoms with Crippen molar-refractivity contribution in [1.29, 1.82) is 0 Å². The molecule has 12 heteroatoms. The first kappa shape index (κ1) is 71.8. The van der Waals surface area contributed by atoms with Gasteiger partial charge in [-0.05, 0) is 251 Å². The SMILES string of the molecule is CC.CC.CC.CC1CCC(OCOC2CCC(OC(=O)C3CCC(C)CC3)CC2)CC1.CC1CCC(OCOc2ccc(OC(=O)C3CCC(C)CC3)cc2)CC1.Cc1ccc(OCOc2ccc(OC(=O)C3CCC(C)CC3)cc2)cc1.[HH].[HH].[HH].[HH].[HH].[HH]. The molecule has 9 rings (SSSR count). The van der Waals surface area contributed by atoms with Crippen molar-refractivity contribution in [3.05, 3.63) is 78.4 Å². The molecule has 0 bridgehead atoms. The van der Waals surface area contributed by atoms with Crippen LogP contribution in [0.25, 0.3) is 0 Å². The van der Waals surface area contributed by atoms with Gasteiger partial charge < -0.3 is 42.6 Å². The van der Waals surface area contributed by atoms with Gasteiger partial charge in [0.05, 0.1) is 36.1 Å². The summed E-state index contributed by atoms with van der Waals surface area (Å²) in [5.74, 6) is 7.28. The van der Waals surface area contributed by atoms with Crippen LogP contribution in [0.4, 0.5) is 0 Å². The summed E-state index contributed by atoms with van der Waals surface area (Å²) in [6, 6.07) is 22.1. The van der Waals surface area contributed by atoms with Crippen molar-refractivity contribution in [3.8, 4) is 28.7 Å². The highest BCUT2D eigenvalue weighted by atomic mass is 16.7. The molecule has 0 unspecified atom stereocenters. The highest BCUT2D eigenvalue weighted by Crippen LogP contribution is 2.34. The summed E-state index contributed by atoms with van der Waals surface area (Å²) in [7, 11) is 0. The number of aryl methyl sites for hydroxylation is 1. The first-order chi connectivity index (χ1) is 40.8. The van der Waals surface area contributed by atoms with E-state index in [4.69, 9.17) is 42.6 Å². The summed E-state index contributed by atoms with van der Waals surface area (Å²) in [5.41, 5.74) is 1.19. The molecular weight excluding hydrogens is 1060 g/mol. The van der Waals surface area contributed by atoms with E-state index in [0.29, 0.717) is 36.2 Å². The summed E-state index contributed by atoms with van der Waals surface area (Å²) in [4.78, 5) is 36.8. The molecule has 0 atom stereocenters. The molecule has 0 saturated heterocycles. The fraction of sp³-hybridized carbons (Fsp3) is 0.708. The second-order valence-corrected chi connectivity index (χ2v) is 24.4. The van der Waals surface area contributed by atoms with Crippen LogP contribution in [0.2, 0.25) is 0 Å². The van der Waals surface area contributed by atoms with E-state index in [1.807, 2.05) is 84.9 Å². The predicted octanol–water partition coefficient (Wildman–Crippen LogP) is 20.3. The van der Waals surface area contributed by atoms with E-state index in [1.165, 1.54) is 56.9 Å². The van der Waals surface area contributed by atoms with E-state index in [-0.39, 0.29) is 70.0 Å². The molecule has 3 aromatic rings. The van der Waals surface area contributed by atoms with Gasteiger partial charge in [0.25, 0.3) is 0 Å². The Morgan fingerprint density at radius 2 is 0.571 bits per heavy atom. The zero-order chi connectivity index (χ0) is 61.1. The molecule has 6 fully saturated rings. The number of hydrogen-bond acceptors (Lipinski definition) is 12. The van der Waals surface area contributed by atoms with Crippen LogP contribution in [0.3, 0.4) is 0 Å². The van der Waals surface area contributed by atoms with E-state index in [0.717, 1.165) is 144 Å². The number of carbonyl (C=O) groups is 3. The Labute approximate surface area is 518 Å². The van der Waals surface area contributed by atoms with E-state index in [9.17, 15) is 14.4 Å². The molecule has 486 valence electrons. The first-order valence-electron chi connectivity index (χ1n) is 33.4. The molecule has 0 heterocycles. The largest absolute Gasteiger partial charge is 0.468 e. The fourth-order valence-corrected chi connectivity index (χ4v) is 11.7. The molecule has 84 heavy (non-hydrogen) atoms. The van der Waals surface area contributed by atoms with Crippen molar-refractivity contribution >= 4 is 17.9 Å². The maximum absolute atomic E-state index is 12.4. The van der Waals surface area contributed by atoms with E-state index >= 15 is 0 Å². The lowest BCUT2D eigenvalue weighted by Crippen LogP contribution is -2.32. The van der Waals surface area contributed by atoms with Gasteiger partial charge in [0, 0.05) is 8.56 Å². The van der Waals surface area contributed by atoms with E-state index in [2.05, 4.69) is 34.6 Å². The van der Waals surface area contributed by atoms with E-state index in [1.54, 1.807) is 36.4 Å². The summed E-state index contributed by atoms with van der Waals surface area (Å²) in [5, 5.41) is 0. The van der Waals surface area contributed by atoms with Gasteiger partial charge in [-0.25, -0.2) is 0 Å². The summed E-state index contributed by atoms with van der Waals surface area (Å²) >= 11 is 0. The highest BCUT2D eigenvalue weighted by molar-refractivity contribution is 5.76. The molecule has 6 aliphatic carbocycles. The molecular formula is C72H126O12. The Balaban J connectivity index is -0.00000117. The Kier molecular flexibility index (Phi) is 35.4. The van der Waals surface area contributed by atoms with Gasteiger partial charge in [-0.2, -0.15) is 0 Å². The number of hydrogen-bond donors (Lipinski definition) is 0. The molecule has 0 amide bonds. The lowest BCUT2D eigenvalue weighted by Gasteiger charge is -2.31. The van der Waals surface area contributed by atoms with Gasteiger partial charge >= 0.3 is 17.9 Å². The molecule has 0 radical (unpaired) electrons. The molecule has 0 aromatic heterocycles. The third-order valence-corrected chi connectivity index (χ3v) is 17.6. The lowest BCUT2D eigenvalue weighted by atomic mass is 9.83. The van der Waals surface area contributed by atoms with Crippen LogP contribution in [0.1, 0.15) is 244 Å². The van der Waals surface area contributed by atoms with Crippen molar-refractivity contribution in [2.45, 2.75) is 262 Å². The fourth-order valence-electron chi connectivity index (χ4n) is 11.7. The summed E-state index contributed by atoms with van der Waals surface area (Å²) in [6.45, 7) is 26.3. The van der Waals surface area contributed by atoms with Crippen molar-refractivity contribution < 1.29 is 65.6 Å². The number of rotatable bonds is 18. The Morgan fingerprint density at radius 1 is 0.321 bits per heavy atom. The first-order valence-corrected chi connectivity index (χ1v) is 33.4. The zero-order valence-electron chi connectivity index (χ0n) is 54.3. The van der Waals surface area contributed by atoms with Gasteiger partial charge in [-0.15, -0.1) is 0 Å². The Morgan fingerprint density at radius 3 is 0.917 bits per heavy atom. The highest BCUT2D eigenvalue weighted by Gasteiger charge is 2.31. The quantitative estimate of drug-likeness (QED) is 0.0682. The predicted molar refractivity (Wildman–Crippen MR) is 350 cm³/mol. The monoisotopic (exact) mass is 1180 g/mol. The standard InChI is InChI=1S/C22H38O4.C22H32O4.C22H26O4.3C2H6.6H2/c3*1-16-3-7-18(8-4-16)22(23)26-21-13-11-20(12-14-21)25-15-24-19-9-5-17(2)6-10-19;3*1-2;;;;;;/h16-21H,3-15H2,1-2H3;11-14,16-19H,3-10,15H2,1-2H3;5-6,9-14,16,18H,3-4,7-8,15H2,1-2H3;3*1-2H3;6*1H. The number of benzene rings is 3. The second-order valence-electron chi connectivity index (χ2n) is 24.4. The van der Waals surface area contributed by atoms with Crippen molar-refractivity contribution in [2.75, 3.05) is 20.4 Å². The Bertz CT molecular complexity index is 2180. The van der Waals surface area contributed by atoms with Crippen molar-refractivity contribution in [1.82, 2.24) is 0 Å². The van der Waals surface area contributed by atoms with Crippen LogP contribution in [0.15, 0.2) is 72.8 Å². The molecule has 12 nitrogen and oxygen atoms in total. The second kappa shape index (κ2) is 41.4. The number of ether oxygens (including phenoxy) is 9. The third kappa shape index (κ3) is 27.8. The van der Waals surface area contributed by atoms with Crippen LogP contribution in [-0.2, 0) is 33.3 Å². The summed E-state index contributed by atoms with van der Waals surface area (Å²) in [6.07, 6.45) is 27.1. The lowest BCUT2D eigenvalue weighted by molar-refractivity contribution is -0.163. The third-order valence-electron chi connectivity index (χ3n) is 17.6. The van der Waals surface area contributed by atoms with Crippen molar-refractivity contribution in [3.63, 3.8) is 0 Å². The smallest absolute Gasteiger partial charge is 0.314 e. The maximum Gasteiger partial charge on any atom is 0.314 e. The molecule has 0 N–H and O–H groups in total. The van der Waals surface area contributed by atoms with Gasteiger partial charge in [0.2, 0.25) is 6.79 Å². The normalized spacial score (nSPS) is 27.3. The van der Waals surface area contributed by atoms with Gasteiger partial charge in [-0.1, -0.05) is 93.9 Å². The maximum atomic E-state index is 12.4. The molecule has 0 aliphatic heterocycles. The molecule has 6 saturated carbocycles. The average Bonchev–Trinajstić information content (AvgIpc) is 3.64. The number of esters is 3. The molecule has 3 aromatic carbocycles. The molecule has 0 spiro atoms. The Hall–Kier alpha value is -4.65. The zero-order valence-corrected chi connectivity index (χ0v) is 54.3. The topological polar surface area (TPSA) is 134 Å². The van der Waals surface area contributed by atoms with Gasteiger partial charge in [0.15, 0.2) is 6.79 Å². The van der Waals surface area contributed by atoms with Crippen LogP contribution >= 0.6 is 0 Å². The summed E-state index contributed by atoms with van der Waals surface area (Å²) < 4.78 is 51.2. The van der Waals surface area contributed by atoms with Crippen molar-refractivity contribution in [2.24, 2.45) is 47.3 Å². The van der Waals surface area contributed by atoms with Crippen LogP contribution in [0.5, 0.6) is 28.7 Å². The van der Waals surface area contributed by atoms with Gasteiger partial charge in [0.1, 0.15) is 41.6 Å². The van der Waals surface area contributed by atoms with Crippen LogP contribution < -0.4 is 23.7 Å². The van der Waals surface area contributed by atoms with E-state index < -0.39 is 0 Å².